The smallest absolute Gasteiger partial charge is 0.143 e. The van der Waals surface area contributed by atoms with E-state index in [1.165, 1.54) is 32.7 Å². The fraction of sp³-hybridized carbons (Fsp3) is 0. The molecular weight excluding hydrogens is 597 g/mol. The summed E-state index contributed by atoms with van der Waals surface area (Å²) in [6.45, 7) is 0. The summed E-state index contributed by atoms with van der Waals surface area (Å²) < 4.78 is 6.70. The molecule has 8 aromatic carbocycles. The highest BCUT2D eigenvalue weighted by Gasteiger charge is 2.19. The summed E-state index contributed by atoms with van der Waals surface area (Å²) in [4.78, 5) is 6.02. The second-order valence-corrected chi connectivity index (χ2v) is 12.6. The Morgan fingerprint density at radius 2 is 1.06 bits per heavy atom. The molecule has 0 amide bonds. The van der Waals surface area contributed by atoms with Crippen molar-refractivity contribution in [1.29, 1.82) is 0 Å². The molecule has 10 aromatic rings. The molecule has 10 rings (SSSR count). The monoisotopic (exact) mass is 626 g/mol. The van der Waals surface area contributed by atoms with E-state index in [4.69, 9.17) is 4.42 Å². The first kappa shape index (κ1) is 27.5. The first-order valence-corrected chi connectivity index (χ1v) is 16.7. The molecule has 0 saturated carbocycles. The van der Waals surface area contributed by atoms with Crippen LogP contribution in [0.3, 0.4) is 0 Å². The zero-order chi connectivity index (χ0) is 32.3. The number of H-pyrrole nitrogens is 1. The molecule has 0 aliphatic rings. The number of para-hydroxylation sites is 3. The molecule has 0 spiro atoms. The number of furan rings is 1. The number of nitrogens with zero attached hydrogens (tertiary/aromatic N) is 1. The number of hydrogen-bond acceptors (Lipinski definition) is 2. The predicted molar refractivity (Wildman–Crippen MR) is 206 cm³/mol. The quantitative estimate of drug-likeness (QED) is 0.206. The number of aromatic amines is 1. The van der Waals surface area contributed by atoms with Crippen molar-refractivity contribution in [1.82, 2.24) is 4.98 Å². The molecule has 0 fully saturated rings. The van der Waals surface area contributed by atoms with Crippen LogP contribution in [0.5, 0.6) is 0 Å². The molecule has 0 aliphatic heterocycles. The Bertz CT molecular complexity index is 2830. The van der Waals surface area contributed by atoms with E-state index in [0.29, 0.717) is 0 Å². The molecule has 0 aliphatic carbocycles. The lowest BCUT2D eigenvalue weighted by Crippen LogP contribution is -2.09. The second kappa shape index (κ2) is 11.0. The summed E-state index contributed by atoms with van der Waals surface area (Å²) in [5.41, 5.74) is 11.9. The van der Waals surface area contributed by atoms with Gasteiger partial charge in [0.2, 0.25) is 0 Å². The Labute approximate surface area is 283 Å². The summed E-state index contributed by atoms with van der Waals surface area (Å²) in [7, 11) is 0. The summed E-state index contributed by atoms with van der Waals surface area (Å²) in [5.74, 6) is 0. The van der Waals surface area contributed by atoms with Crippen LogP contribution in [0.4, 0.5) is 17.1 Å². The maximum atomic E-state index is 6.70. The fourth-order valence-corrected chi connectivity index (χ4v) is 7.43. The average Bonchev–Trinajstić information content (AvgIpc) is 3.74. The van der Waals surface area contributed by atoms with Gasteiger partial charge in [-0.25, -0.2) is 0 Å². The van der Waals surface area contributed by atoms with Crippen molar-refractivity contribution in [3.63, 3.8) is 0 Å². The zero-order valence-corrected chi connectivity index (χ0v) is 26.6. The van der Waals surface area contributed by atoms with Crippen LogP contribution in [0.2, 0.25) is 0 Å². The maximum absolute atomic E-state index is 6.70. The highest BCUT2D eigenvalue weighted by molar-refractivity contribution is 6.16. The predicted octanol–water partition coefficient (Wildman–Crippen LogP) is 13.2. The Balaban J connectivity index is 1.14. The van der Waals surface area contributed by atoms with E-state index in [0.717, 1.165) is 61.2 Å². The maximum Gasteiger partial charge on any atom is 0.143 e. The SMILES string of the molecule is c1ccc(-c2ccc(N(c3ccc4ccccc4c3)c3ccc4oc5c(-c6cccc7c6[nH]c6ccccc67)cccc5c4c3)cc2)cc1. The van der Waals surface area contributed by atoms with Crippen molar-refractivity contribution < 1.29 is 4.42 Å². The molecule has 0 saturated heterocycles. The minimum Gasteiger partial charge on any atom is -0.455 e. The van der Waals surface area contributed by atoms with E-state index in [-0.39, 0.29) is 0 Å². The van der Waals surface area contributed by atoms with Gasteiger partial charge in [-0.1, -0.05) is 127 Å². The number of aromatic nitrogens is 1. The topological polar surface area (TPSA) is 32.2 Å². The molecule has 0 atom stereocenters. The highest BCUT2D eigenvalue weighted by atomic mass is 16.3. The lowest BCUT2D eigenvalue weighted by atomic mass is 9.99. The van der Waals surface area contributed by atoms with Crippen LogP contribution < -0.4 is 4.90 Å². The molecule has 230 valence electrons. The number of hydrogen-bond donors (Lipinski definition) is 1. The van der Waals surface area contributed by atoms with Gasteiger partial charge >= 0.3 is 0 Å². The van der Waals surface area contributed by atoms with Gasteiger partial charge in [0.1, 0.15) is 11.2 Å². The van der Waals surface area contributed by atoms with Crippen LogP contribution >= 0.6 is 0 Å². The number of benzene rings is 8. The summed E-state index contributed by atoms with van der Waals surface area (Å²) in [6.07, 6.45) is 0. The van der Waals surface area contributed by atoms with Gasteiger partial charge in [-0.05, 0) is 70.4 Å². The van der Waals surface area contributed by atoms with Crippen molar-refractivity contribution >= 4 is 71.6 Å². The van der Waals surface area contributed by atoms with E-state index in [2.05, 4.69) is 186 Å². The first-order chi connectivity index (χ1) is 24.3. The fourth-order valence-electron chi connectivity index (χ4n) is 7.43. The van der Waals surface area contributed by atoms with Crippen LogP contribution in [0.15, 0.2) is 180 Å². The van der Waals surface area contributed by atoms with E-state index < -0.39 is 0 Å². The molecule has 49 heavy (non-hydrogen) atoms. The molecule has 3 nitrogen and oxygen atoms in total. The van der Waals surface area contributed by atoms with E-state index in [1.807, 2.05) is 0 Å². The standard InChI is InChI=1S/C46H30N2O/c1-2-10-30(11-3-1)32-20-23-34(24-21-32)48(35-25-22-31-12-4-5-13-33(31)28-35)36-26-27-44-42(29-36)41-18-9-17-40(46(41)49-44)39-16-8-15-38-37-14-6-7-19-43(37)47-45(38)39/h1-29,47H. The minimum atomic E-state index is 0.868. The van der Waals surface area contributed by atoms with Gasteiger partial charge in [0.15, 0.2) is 0 Å². The Hall–Kier alpha value is -6.58. The summed E-state index contributed by atoms with van der Waals surface area (Å²) >= 11 is 0. The molecular formula is C46H30N2O. The molecule has 0 radical (unpaired) electrons. The van der Waals surface area contributed by atoms with Gasteiger partial charge in [-0.2, -0.15) is 0 Å². The van der Waals surface area contributed by atoms with Crippen LogP contribution in [0.1, 0.15) is 0 Å². The number of anilines is 3. The van der Waals surface area contributed by atoms with Crippen LogP contribution in [0.25, 0.3) is 76.8 Å². The second-order valence-electron chi connectivity index (χ2n) is 12.6. The van der Waals surface area contributed by atoms with Crippen molar-refractivity contribution in [3.05, 3.63) is 176 Å². The van der Waals surface area contributed by atoms with Crippen molar-refractivity contribution in [3.8, 4) is 22.3 Å². The first-order valence-electron chi connectivity index (χ1n) is 16.7. The number of fused-ring (bicyclic) bond motifs is 7. The van der Waals surface area contributed by atoms with Crippen LogP contribution in [0, 0.1) is 0 Å². The zero-order valence-electron chi connectivity index (χ0n) is 26.6. The normalized spacial score (nSPS) is 11.7. The largest absolute Gasteiger partial charge is 0.455 e. The van der Waals surface area contributed by atoms with E-state index in [1.54, 1.807) is 0 Å². The van der Waals surface area contributed by atoms with Crippen molar-refractivity contribution in [2.24, 2.45) is 0 Å². The van der Waals surface area contributed by atoms with Crippen molar-refractivity contribution in [2.45, 2.75) is 0 Å². The third-order valence-corrected chi connectivity index (χ3v) is 9.79. The Kier molecular flexibility index (Phi) is 6.18. The Morgan fingerprint density at radius 1 is 0.408 bits per heavy atom. The minimum absolute atomic E-state index is 0.868. The van der Waals surface area contributed by atoms with E-state index >= 15 is 0 Å². The van der Waals surface area contributed by atoms with Gasteiger partial charge < -0.3 is 14.3 Å². The third kappa shape index (κ3) is 4.51. The average molecular weight is 627 g/mol. The Morgan fingerprint density at radius 3 is 1.94 bits per heavy atom. The van der Waals surface area contributed by atoms with Gasteiger partial charge in [-0.3, -0.25) is 0 Å². The molecule has 0 unspecified atom stereocenters. The third-order valence-electron chi connectivity index (χ3n) is 9.79. The van der Waals surface area contributed by atoms with Gasteiger partial charge in [0, 0.05) is 55.3 Å². The number of rotatable bonds is 5. The van der Waals surface area contributed by atoms with Crippen molar-refractivity contribution in [2.75, 3.05) is 4.90 Å². The molecule has 3 heteroatoms. The lowest BCUT2D eigenvalue weighted by Gasteiger charge is -2.26. The summed E-state index contributed by atoms with van der Waals surface area (Å²) in [5, 5.41) is 7.06. The lowest BCUT2D eigenvalue weighted by molar-refractivity contribution is 0.670. The molecule has 2 aromatic heterocycles. The highest BCUT2D eigenvalue weighted by Crippen LogP contribution is 2.43. The molecule has 2 heterocycles. The van der Waals surface area contributed by atoms with Gasteiger partial charge in [-0.15, -0.1) is 0 Å². The molecule has 1 N–H and O–H groups in total. The van der Waals surface area contributed by atoms with Gasteiger partial charge in [0.25, 0.3) is 0 Å². The van der Waals surface area contributed by atoms with Crippen LogP contribution in [-0.2, 0) is 0 Å². The van der Waals surface area contributed by atoms with Gasteiger partial charge in [0.05, 0.1) is 5.52 Å². The molecule has 0 bridgehead atoms. The van der Waals surface area contributed by atoms with E-state index in [9.17, 15) is 0 Å². The number of nitrogens with one attached hydrogen (secondary N) is 1. The summed E-state index contributed by atoms with van der Waals surface area (Å²) in [6, 6.07) is 62.7. The van der Waals surface area contributed by atoms with Crippen LogP contribution in [-0.4, -0.2) is 4.98 Å².